The summed E-state index contributed by atoms with van der Waals surface area (Å²) >= 11 is 6.04. The van der Waals surface area contributed by atoms with E-state index in [-0.39, 0.29) is 49.5 Å². The van der Waals surface area contributed by atoms with Crippen LogP contribution in [0.1, 0.15) is 57.1 Å². The fourth-order valence-corrected chi connectivity index (χ4v) is 5.16. The normalized spacial score (nSPS) is 21.7. The van der Waals surface area contributed by atoms with Crippen molar-refractivity contribution in [2.75, 3.05) is 18.4 Å². The minimum atomic E-state index is -3.05. The van der Waals surface area contributed by atoms with E-state index in [0.717, 1.165) is 11.1 Å². The van der Waals surface area contributed by atoms with Crippen molar-refractivity contribution >= 4 is 28.9 Å². The Bertz CT molecular complexity index is 1230. The average Bonchev–Trinajstić information content (AvgIpc) is 3.35. The molecule has 1 unspecified atom stereocenters. The second-order valence-electron chi connectivity index (χ2n) is 9.76. The van der Waals surface area contributed by atoms with Gasteiger partial charge >= 0.3 is 6.03 Å². The monoisotopic (exact) mass is 537 g/mol. The number of carbonyl (C=O) groups excluding carboxylic acids is 1. The van der Waals surface area contributed by atoms with E-state index in [4.69, 9.17) is 16.0 Å². The van der Waals surface area contributed by atoms with Crippen molar-refractivity contribution in [3.8, 4) is 0 Å². The minimum absolute atomic E-state index is 0.107. The molecule has 2 aliphatic heterocycles. The average molecular weight is 538 g/mol. The van der Waals surface area contributed by atoms with Crippen LogP contribution in [0.5, 0.6) is 0 Å². The quantitative estimate of drug-likeness (QED) is 0.387. The lowest BCUT2D eigenvalue weighted by Crippen LogP contribution is -2.63. The van der Waals surface area contributed by atoms with E-state index in [1.54, 1.807) is 25.3 Å². The van der Waals surface area contributed by atoms with Gasteiger partial charge in [-0.15, -0.1) is 0 Å². The topological polar surface area (TPSA) is 77.7 Å². The zero-order valence-corrected chi connectivity index (χ0v) is 21.8. The Kier molecular flexibility index (Phi) is 7.41. The number of nitrogens with one attached hydrogen (secondary N) is 2. The molecule has 1 saturated heterocycles. The van der Waals surface area contributed by atoms with Gasteiger partial charge in [-0.05, 0) is 55.8 Å². The molecule has 200 valence electrons. The van der Waals surface area contributed by atoms with Crippen LogP contribution in [-0.2, 0) is 12.5 Å². The first kappa shape index (κ1) is 27.1. The van der Waals surface area contributed by atoms with Crippen molar-refractivity contribution in [2.45, 2.75) is 63.8 Å². The maximum atomic E-state index is 16.4. The number of furan rings is 1. The smallest absolute Gasteiger partial charge is 0.321 e. The highest BCUT2D eigenvalue weighted by molar-refractivity contribution is 6.31. The number of carbonyl (C=O) groups is 1. The summed E-state index contributed by atoms with van der Waals surface area (Å²) in [6, 6.07) is 6.90. The number of likely N-dealkylation sites (tertiary alicyclic amines) is 1. The number of urea groups is 1. The van der Waals surface area contributed by atoms with Gasteiger partial charge in [-0.1, -0.05) is 18.5 Å². The van der Waals surface area contributed by atoms with Gasteiger partial charge in [0.2, 0.25) is 0 Å². The molecule has 3 N–H and O–H groups in total. The van der Waals surface area contributed by atoms with Crippen molar-refractivity contribution in [3.63, 3.8) is 0 Å². The summed E-state index contributed by atoms with van der Waals surface area (Å²) in [6.07, 6.45) is 3.41. The molecule has 1 fully saturated rings. The molecule has 2 aliphatic rings. The molecular formula is C27H31ClF3N3O3. The SMILES string of the molecule is CCC(F)(F)c1ccc(NC(=O)N2CCC(F)(C3(C)NC=C(c4ccc(CO)o4)C=C3C)CC2)cc1Cl. The van der Waals surface area contributed by atoms with Gasteiger partial charge in [-0.2, -0.15) is 0 Å². The van der Waals surface area contributed by atoms with Crippen molar-refractivity contribution in [3.05, 3.63) is 70.3 Å². The Morgan fingerprint density at radius 2 is 1.97 bits per heavy atom. The molecule has 3 heterocycles. The number of rotatable bonds is 6. The Morgan fingerprint density at radius 3 is 2.54 bits per heavy atom. The highest BCUT2D eigenvalue weighted by Gasteiger charge is 2.52. The zero-order valence-electron chi connectivity index (χ0n) is 21.0. The number of alkyl halides is 3. The summed E-state index contributed by atoms with van der Waals surface area (Å²) in [4.78, 5) is 14.3. The van der Waals surface area contributed by atoms with Gasteiger partial charge < -0.3 is 25.1 Å². The van der Waals surface area contributed by atoms with Gasteiger partial charge in [0.1, 0.15) is 23.8 Å². The van der Waals surface area contributed by atoms with E-state index < -0.39 is 23.2 Å². The second kappa shape index (κ2) is 10.1. The van der Waals surface area contributed by atoms with Crippen LogP contribution in [0.25, 0.3) is 5.57 Å². The molecule has 2 amide bonds. The summed E-state index contributed by atoms with van der Waals surface area (Å²) in [7, 11) is 0. The fraction of sp³-hybridized carbons (Fsp3) is 0.444. The molecule has 1 atom stereocenters. The van der Waals surface area contributed by atoms with E-state index >= 15 is 4.39 Å². The maximum absolute atomic E-state index is 16.4. The van der Waals surface area contributed by atoms with Crippen LogP contribution in [0.4, 0.5) is 23.7 Å². The third kappa shape index (κ3) is 5.11. The fourth-order valence-electron chi connectivity index (χ4n) is 4.84. The number of aliphatic hydroxyl groups excluding tert-OH is 1. The molecule has 0 radical (unpaired) electrons. The number of dihydropyridines is 1. The van der Waals surface area contributed by atoms with Crippen molar-refractivity contribution in [1.82, 2.24) is 10.2 Å². The Balaban J connectivity index is 1.40. The number of piperidine rings is 1. The molecule has 2 aromatic rings. The molecule has 0 spiro atoms. The van der Waals surface area contributed by atoms with E-state index in [1.807, 2.05) is 13.0 Å². The maximum Gasteiger partial charge on any atom is 0.321 e. The van der Waals surface area contributed by atoms with Crippen LogP contribution in [0.3, 0.4) is 0 Å². The Labute approximate surface area is 219 Å². The Hall–Kier alpha value is -2.91. The van der Waals surface area contributed by atoms with Crippen molar-refractivity contribution in [1.29, 1.82) is 0 Å². The summed E-state index contributed by atoms with van der Waals surface area (Å²) in [5.41, 5.74) is -1.07. The molecular weight excluding hydrogens is 507 g/mol. The van der Waals surface area contributed by atoms with Crippen molar-refractivity contribution < 1.29 is 27.5 Å². The first-order chi connectivity index (χ1) is 17.4. The Morgan fingerprint density at radius 1 is 1.27 bits per heavy atom. The summed E-state index contributed by atoms with van der Waals surface area (Å²) in [6.45, 7) is 5.19. The minimum Gasteiger partial charge on any atom is -0.459 e. The molecule has 6 nitrogen and oxygen atoms in total. The largest absolute Gasteiger partial charge is 0.459 e. The van der Waals surface area contributed by atoms with Crippen LogP contribution in [-0.4, -0.2) is 40.3 Å². The second-order valence-corrected chi connectivity index (χ2v) is 10.2. The number of hydrogen-bond donors (Lipinski definition) is 3. The lowest BCUT2D eigenvalue weighted by molar-refractivity contribution is -0.00815. The summed E-state index contributed by atoms with van der Waals surface area (Å²) in [5.74, 6) is -2.04. The highest BCUT2D eigenvalue weighted by atomic mass is 35.5. The predicted octanol–water partition coefficient (Wildman–Crippen LogP) is 6.61. The van der Waals surface area contributed by atoms with Gasteiger partial charge in [0.25, 0.3) is 5.92 Å². The number of halogens is 4. The molecule has 1 aromatic heterocycles. The third-order valence-corrected chi connectivity index (χ3v) is 7.89. The molecule has 0 bridgehead atoms. The van der Waals surface area contributed by atoms with E-state index in [0.29, 0.717) is 17.2 Å². The third-order valence-electron chi connectivity index (χ3n) is 7.58. The van der Waals surface area contributed by atoms with Crippen LogP contribution in [0.2, 0.25) is 5.02 Å². The number of allylic oxidation sites excluding steroid dienone is 2. The van der Waals surface area contributed by atoms with Gasteiger partial charge in [-0.3, -0.25) is 0 Å². The lowest BCUT2D eigenvalue weighted by Gasteiger charge is -2.49. The van der Waals surface area contributed by atoms with Crippen LogP contribution >= 0.6 is 11.6 Å². The van der Waals surface area contributed by atoms with Gasteiger partial charge in [0.05, 0.1) is 10.6 Å². The number of benzene rings is 1. The molecule has 37 heavy (non-hydrogen) atoms. The number of hydrogen-bond acceptors (Lipinski definition) is 4. The number of amides is 2. The highest BCUT2D eigenvalue weighted by Crippen LogP contribution is 2.44. The molecule has 1 aromatic carbocycles. The summed E-state index contributed by atoms with van der Waals surface area (Å²) in [5, 5.41) is 15.0. The zero-order chi connectivity index (χ0) is 27.0. The lowest BCUT2D eigenvalue weighted by atomic mass is 9.70. The van der Waals surface area contributed by atoms with Gasteiger partial charge in [-0.25, -0.2) is 18.0 Å². The number of anilines is 1. The van der Waals surface area contributed by atoms with Crippen LogP contribution < -0.4 is 10.6 Å². The standard InChI is InChI=1S/C27H31ClF3N3O3/c1-4-27(30,31)21-7-5-19(14-22(21)28)33-24(36)34-11-9-26(29,10-12-34)25(3)17(2)13-18(15-32-25)23-8-6-20(16-35)37-23/h5-8,13-15,32,35H,4,9-12,16H2,1-3H3,(H,33,36). The predicted molar refractivity (Wildman–Crippen MR) is 137 cm³/mol. The van der Waals surface area contributed by atoms with E-state index in [9.17, 15) is 18.7 Å². The van der Waals surface area contributed by atoms with Crippen molar-refractivity contribution in [2.24, 2.45) is 0 Å². The summed E-state index contributed by atoms with van der Waals surface area (Å²) < 4.78 is 49.9. The molecule has 0 aliphatic carbocycles. The first-order valence-corrected chi connectivity index (χ1v) is 12.6. The van der Waals surface area contributed by atoms with Crippen LogP contribution in [0, 0.1) is 0 Å². The molecule has 10 heteroatoms. The van der Waals surface area contributed by atoms with Gasteiger partial charge in [0, 0.05) is 55.4 Å². The van der Waals surface area contributed by atoms with Gasteiger partial charge in [0.15, 0.2) is 0 Å². The molecule has 4 rings (SSSR count). The number of nitrogens with zero attached hydrogens (tertiary/aromatic N) is 1. The molecule has 0 saturated carbocycles. The first-order valence-electron chi connectivity index (χ1n) is 12.2. The van der Waals surface area contributed by atoms with E-state index in [1.165, 1.54) is 30.0 Å². The number of aliphatic hydroxyl groups is 1. The van der Waals surface area contributed by atoms with E-state index in [2.05, 4.69) is 10.6 Å². The van der Waals surface area contributed by atoms with Crippen LogP contribution in [0.15, 0.2) is 52.6 Å².